The van der Waals surface area contributed by atoms with Gasteiger partial charge in [0.2, 0.25) is 5.91 Å². The normalized spacial score (nSPS) is 14.9. The fourth-order valence-electron chi connectivity index (χ4n) is 2.23. The van der Waals surface area contributed by atoms with E-state index in [4.69, 9.17) is 0 Å². The average molecular weight is 277 g/mol. The number of hydrogen-bond acceptors (Lipinski definition) is 5. The van der Waals surface area contributed by atoms with Crippen LogP contribution in [0.1, 0.15) is 32.6 Å². The van der Waals surface area contributed by atoms with Crippen molar-refractivity contribution in [3.63, 3.8) is 0 Å². The highest BCUT2D eigenvalue weighted by Gasteiger charge is 2.15. The molecule has 2 rings (SSSR count). The van der Waals surface area contributed by atoms with Gasteiger partial charge in [-0.15, -0.1) is 0 Å². The molecule has 1 fully saturated rings. The van der Waals surface area contributed by atoms with E-state index in [0.717, 1.165) is 44.7 Å². The summed E-state index contributed by atoms with van der Waals surface area (Å²) in [7, 11) is 0. The Kier molecular flexibility index (Phi) is 5.58. The lowest BCUT2D eigenvalue weighted by atomic mass is 10.1. The molecule has 0 aromatic carbocycles. The van der Waals surface area contributed by atoms with E-state index in [2.05, 4.69) is 27.5 Å². The van der Waals surface area contributed by atoms with E-state index in [0.29, 0.717) is 12.4 Å². The van der Waals surface area contributed by atoms with E-state index >= 15 is 0 Å². The van der Waals surface area contributed by atoms with Crippen molar-refractivity contribution in [2.45, 2.75) is 32.6 Å². The van der Waals surface area contributed by atoms with Crippen molar-refractivity contribution in [1.82, 2.24) is 14.9 Å². The van der Waals surface area contributed by atoms with Crippen molar-refractivity contribution in [2.75, 3.05) is 36.8 Å². The molecular weight excluding hydrogens is 254 g/mol. The molecule has 20 heavy (non-hydrogen) atoms. The Balaban J connectivity index is 1.82. The highest BCUT2D eigenvalue weighted by atomic mass is 16.2. The number of hydrogen-bond donors (Lipinski definition) is 2. The Morgan fingerprint density at radius 3 is 2.60 bits per heavy atom. The number of carbonyl (C=O) groups excluding carboxylic acids is 1. The Hall–Kier alpha value is -1.85. The number of amides is 1. The van der Waals surface area contributed by atoms with Crippen LogP contribution in [0.2, 0.25) is 0 Å². The first kappa shape index (κ1) is 14.6. The standard InChI is InChI=1S/C14H23N5O/c1-2-6-15-12-9-13(18-11-17-12)16-10-14(20)19-7-4-3-5-8-19/h9,11H,2-8,10H2,1H3,(H2,15,16,17,18). The molecular formula is C14H23N5O. The second kappa shape index (κ2) is 7.67. The van der Waals surface area contributed by atoms with Gasteiger partial charge in [-0.3, -0.25) is 4.79 Å². The molecule has 1 amide bonds. The largest absolute Gasteiger partial charge is 0.370 e. The van der Waals surface area contributed by atoms with Crippen molar-refractivity contribution in [1.29, 1.82) is 0 Å². The Morgan fingerprint density at radius 1 is 1.20 bits per heavy atom. The molecule has 0 spiro atoms. The maximum atomic E-state index is 12.0. The molecule has 1 aliphatic heterocycles. The van der Waals surface area contributed by atoms with E-state index in [1.54, 1.807) is 0 Å². The molecule has 0 atom stereocenters. The molecule has 2 N–H and O–H groups in total. The van der Waals surface area contributed by atoms with Crippen molar-refractivity contribution in [3.8, 4) is 0 Å². The molecule has 6 heteroatoms. The number of nitrogens with zero attached hydrogens (tertiary/aromatic N) is 3. The van der Waals surface area contributed by atoms with Gasteiger partial charge in [-0.05, 0) is 25.7 Å². The maximum absolute atomic E-state index is 12.0. The predicted molar refractivity (Wildman–Crippen MR) is 79.7 cm³/mol. The lowest BCUT2D eigenvalue weighted by Crippen LogP contribution is -2.39. The summed E-state index contributed by atoms with van der Waals surface area (Å²) in [6.45, 7) is 5.04. The van der Waals surface area contributed by atoms with Gasteiger partial charge in [-0.2, -0.15) is 0 Å². The zero-order valence-electron chi connectivity index (χ0n) is 12.1. The Morgan fingerprint density at radius 2 is 1.90 bits per heavy atom. The van der Waals surface area contributed by atoms with Gasteiger partial charge in [0, 0.05) is 25.7 Å². The molecule has 1 aromatic rings. The van der Waals surface area contributed by atoms with E-state index in [9.17, 15) is 4.79 Å². The number of anilines is 2. The lowest BCUT2D eigenvalue weighted by molar-refractivity contribution is -0.130. The van der Waals surface area contributed by atoms with Crippen LogP contribution in [-0.4, -0.2) is 47.0 Å². The molecule has 0 bridgehead atoms. The third-order valence-electron chi connectivity index (χ3n) is 3.35. The Bertz CT molecular complexity index is 431. The first-order chi connectivity index (χ1) is 9.79. The molecule has 6 nitrogen and oxygen atoms in total. The molecule has 110 valence electrons. The SMILES string of the molecule is CCCNc1cc(NCC(=O)N2CCCCC2)ncn1. The predicted octanol–water partition coefficient (Wildman–Crippen LogP) is 1.72. The maximum Gasteiger partial charge on any atom is 0.241 e. The van der Waals surface area contributed by atoms with Gasteiger partial charge in [0.05, 0.1) is 6.54 Å². The van der Waals surface area contributed by atoms with Gasteiger partial charge in [0.15, 0.2) is 0 Å². The second-order valence-electron chi connectivity index (χ2n) is 5.01. The first-order valence-electron chi connectivity index (χ1n) is 7.37. The minimum Gasteiger partial charge on any atom is -0.370 e. The summed E-state index contributed by atoms with van der Waals surface area (Å²) < 4.78 is 0. The number of carbonyl (C=O) groups is 1. The van der Waals surface area contributed by atoms with E-state index in [1.165, 1.54) is 12.7 Å². The molecule has 1 aromatic heterocycles. The summed E-state index contributed by atoms with van der Waals surface area (Å²) in [6.07, 6.45) is 6.01. The number of rotatable bonds is 6. The molecule has 0 unspecified atom stereocenters. The molecule has 0 radical (unpaired) electrons. The van der Waals surface area contributed by atoms with Crippen molar-refractivity contribution in [3.05, 3.63) is 12.4 Å². The smallest absolute Gasteiger partial charge is 0.241 e. The quantitative estimate of drug-likeness (QED) is 0.828. The van der Waals surface area contributed by atoms with Gasteiger partial charge < -0.3 is 15.5 Å². The minimum atomic E-state index is 0.145. The van der Waals surface area contributed by atoms with Crippen LogP contribution in [0.4, 0.5) is 11.6 Å². The molecule has 2 heterocycles. The lowest BCUT2D eigenvalue weighted by Gasteiger charge is -2.26. The van der Waals surface area contributed by atoms with Gasteiger partial charge in [0.25, 0.3) is 0 Å². The average Bonchev–Trinajstić information content (AvgIpc) is 2.52. The summed E-state index contributed by atoms with van der Waals surface area (Å²) in [5, 5.41) is 6.28. The molecule has 1 aliphatic rings. The Labute approximate surface area is 120 Å². The second-order valence-corrected chi connectivity index (χ2v) is 5.01. The zero-order chi connectivity index (χ0) is 14.2. The van der Waals surface area contributed by atoms with E-state index in [-0.39, 0.29) is 5.91 Å². The molecule has 0 saturated carbocycles. The van der Waals surface area contributed by atoms with E-state index in [1.807, 2.05) is 11.0 Å². The monoisotopic (exact) mass is 277 g/mol. The van der Waals surface area contributed by atoms with Gasteiger partial charge >= 0.3 is 0 Å². The fourth-order valence-corrected chi connectivity index (χ4v) is 2.23. The van der Waals surface area contributed by atoms with Crippen molar-refractivity contribution >= 4 is 17.5 Å². The topological polar surface area (TPSA) is 70.2 Å². The van der Waals surface area contributed by atoms with Crippen molar-refractivity contribution < 1.29 is 4.79 Å². The van der Waals surface area contributed by atoms with Crippen LogP contribution in [0.3, 0.4) is 0 Å². The van der Waals surface area contributed by atoms with Crippen LogP contribution in [0, 0.1) is 0 Å². The summed E-state index contributed by atoms with van der Waals surface area (Å²) in [6, 6.07) is 1.83. The summed E-state index contributed by atoms with van der Waals surface area (Å²) >= 11 is 0. The summed E-state index contributed by atoms with van der Waals surface area (Å²) in [4.78, 5) is 22.2. The van der Waals surface area contributed by atoms with Crippen LogP contribution in [0.25, 0.3) is 0 Å². The first-order valence-corrected chi connectivity index (χ1v) is 7.37. The third kappa shape index (κ3) is 4.36. The third-order valence-corrected chi connectivity index (χ3v) is 3.35. The van der Waals surface area contributed by atoms with Crippen LogP contribution in [0.15, 0.2) is 12.4 Å². The van der Waals surface area contributed by atoms with Crippen LogP contribution in [-0.2, 0) is 4.79 Å². The number of aromatic nitrogens is 2. The van der Waals surface area contributed by atoms with Crippen molar-refractivity contribution in [2.24, 2.45) is 0 Å². The molecule has 1 saturated heterocycles. The minimum absolute atomic E-state index is 0.145. The van der Waals surface area contributed by atoms with Crippen LogP contribution in [0.5, 0.6) is 0 Å². The number of piperidine rings is 1. The zero-order valence-corrected chi connectivity index (χ0v) is 12.1. The fraction of sp³-hybridized carbons (Fsp3) is 0.643. The number of nitrogens with one attached hydrogen (secondary N) is 2. The van der Waals surface area contributed by atoms with Gasteiger partial charge in [-0.1, -0.05) is 6.92 Å². The summed E-state index contributed by atoms with van der Waals surface area (Å²) in [5.41, 5.74) is 0. The highest BCUT2D eigenvalue weighted by molar-refractivity contribution is 5.80. The van der Waals surface area contributed by atoms with Crippen LogP contribution >= 0.6 is 0 Å². The van der Waals surface area contributed by atoms with Gasteiger partial charge in [-0.25, -0.2) is 9.97 Å². The number of likely N-dealkylation sites (tertiary alicyclic amines) is 1. The highest BCUT2D eigenvalue weighted by Crippen LogP contribution is 2.10. The van der Waals surface area contributed by atoms with Crippen LogP contribution < -0.4 is 10.6 Å². The van der Waals surface area contributed by atoms with E-state index < -0.39 is 0 Å². The summed E-state index contributed by atoms with van der Waals surface area (Å²) in [5.74, 6) is 1.62. The molecule has 0 aliphatic carbocycles. The van der Waals surface area contributed by atoms with Gasteiger partial charge in [0.1, 0.15) is 18.0 Å².